The first kappa shape index (κ1) is 22.8. The van der Waals surface area contributed by atoms with Crippen LogP contribution in [0.4, 0.5) is 0 Å². The van der Waals surface area contributed by atoms with Crippen LogP contribution in [0.15, 0.2) is 72.8 Å². The Morgan fingerprint density at radius 1 is 0.806 bits per heavy atom. The lowest BCUT2D eigenvalue weighted by Gasteiger charge is -2.11. The van der Waals surface area contributed by atoms with E-state index in [4.69, 9.17) is 9.47 Å². The van der Waals surface area contributed by atoms with Crippen molar-refractivity contribution in [1.29, 1.82) is 0 Å². The lowest BCUT2D eigenvalue weighted by atomic mass is 10.0. The van der Waals surface area contributed by atoms with Crippen molar-refractivity contribution >= 4 is 5.97 Å². The van der Waals surface area contributed by atoms with Gasteiger partial charge in [-0.15, -0.1) is 0 Å². The molecule has 3 aromatic rings. The molecule has 0 fully saturated rings. The van der Waals surface area contributed by atoms with Gasteiger partial charge in [-0.25, -0.2) is 4.79 Å². The summed E-state index contributed by atoms with van der Waals surface area (Å²) in [5.74, 6) is 0.164. The van der Waals surface area contributed by atoms with Crippen LogP contribution in [0, 0.1) is 0 Å². The Hall–Kier alpha value is -2.91. The SMILES string of the molecule is CCCCCCc1ccc(-c2ccc(C(=O)Oc3ccc(C(C)OC)cc3)cc2)cc1. The quantitative estimate of drug-likeness (QED) is 0.196. The van der Waals surface area contributed by atoms with E-state index in [1.807, 2.05) is 43.3 Å². The average molecular weight is 417 g/mol. The van der Waals surface area contributed by atoms with Crippen LogP contribution in [-0.4, -0.2) is 13.1 Å². The number of benzene rings is 3. The molecule has 0 aliphatic carbocycles. The van der Waals surface area contributed by atoms with E-state index in [-0.39, 0.29) is 12.1 Å². The Bertz CT molecular complexity index is 941. The van der Waals surface area contributed by atoms with Gasteiger partial charge in [0, 0.05) is 7.11 Å². The zero-order valence-corrected chi connectivity index (χ0v) is 18.8. The molecular weight excluding hydrogens is 384 g/mol. The molecule has 162 valence electrons. The Labute approximate surface area is 186 Å². The van der Waals surface area contributed by atoms with Gasteiger partial charge in [-0.3, -0.25) is 0 Å². The standard InChI is InChI=1S/C28H32O3/c1-4-5-6-7-8-22-9-11-24(12-10-22)25-13-15-26(16-14-25)28(29)31-27-19-17-23(18-20-27)21(2)30-3/h9-21H,4-8H2,1-3H3. The monoisotopic (exact) mass is 416 g/mol. The molecule has 0 aromatic heterocycles. The van der Waals surface area contributed by atoms with Crippen LogP contribution in [-0.2, 0) is 11.2 Å². The van der Waals surface area contributed by atoms with E-state index in [9.17, 15) is 4.79 Å². The number of carbonyl (C=O) groups is 1. The molecule has 0 spiro atoms. The van der Waals surface area contributed by atoms with E-state index in [0.29, 0.717) is 11.3 Å². The zero-order chi connectivity index (χ0) is 22.1. The van der Waals surface area contributed by atoms with Crippen molar-refractivity contribution in [2.75, 3.05) is 7.11 Å². The summed E-state index contributed by atoms with van der Waals surface area (Å²) < 4.78 is 10.8. The van der Waals surface area contributed by atoms with Crippen LogP contribution < -0.4 is 4.74 Å². The fourth-order valence-corrected chi connectivity index (χ4v) is 3.53. The summed E-state index contributed by atoms with van der Waals surface area (Å²) in [5.41, 5.74) is 5.20. The van der Waals surface area contributed by atoms with Crippen LogP contribution in [0.2, 0.25) is 0 Å². The zero-order valence-electron chi connectivity index (χ0n) is 18.8. The number of rotatable bonds is 10. The van der Waals surface area contributed by atoms with Crippen molar-refractivity contribution < 1.29 is 14.3 Å². The number of unbranched alkanes of at least 4 members (excludes halogenated alkanes) is 3. The van der Waals surface area contributed by atoms with Gasteiger partial charge in [0.15, 0.2) is 0 Å². The number of hydrogen-bond acceptors (Lipinski definition) is 3. The Morgan fingerprint density at radius 2 is 1.42 bits per heavy atom. The van der Waals surface area contributed by atoms with E-state index in [1.54, 1.807) is 19.2 Å². The topological polar surface area (TPSA) is 35.5 Å². The minimum Gasteiger partial charge on any atom is -0.423 e. The van der Waals surface area contributed by atoms with Crippen molar-refractivity contribution in [2.45, 2.75) is 52.1 Å². The minimum atomic E-state index is -0.360. The molecule has 0 amide bonds. The maximum atomic E-state index is 12.5. The third-order valence-corrected chi connectivity index (χ3v) is 5.64. The third kappa shape index (κ3) is 6.53. The van der Waals surface area contributed by atoms with Gasteiger partial charge in [0.25, 0.3) is 0 Å². The summed E-state index contributed by atoms with van der Waals surface area (Å²) >= 11 is 0. The van der Waals surface area contributed by atoms with Crippen molar-refractivity contribution in [3.05, 3.63) is 89.5 Å². The molecule has 3 heteroatoms. The molecule has 0 N–H and O–H groups in total. The van der Waals surface area contributed by atoms with E-state index < -0.39 is 0 Å². The second-order valence-electron chi connectivity index (χ2n) is 7.92. The van der Waals surface area contributed by atoms with E-state index in [2.05, 4.69) is 31.2 Å². The number of methoxy groups -OCH3 is 1. The first-order valence-electron chi connectivity index (χ1n) is 11.1. The maximum absolute atomic E-state index is 12.5. The molecule has 3 nitrogen and oxygen atoms in total. The molecule has 3 aromatic carbocycles. The van der Waals surface area contributed by atoms with Crippen molar-refractivity contribution in [3.63, 3.8) is 0 Å². The van der Waals surface area contributed by atoms with Crippen molar-refractivity contribution in [1.82, 2.24) is 0 Å². The van der Waals surface area contributed by atoms with Gasteiger partial charge >= 0.3 is 5.97 Å². The molecule has 0 radical (unpaired) electrons. The Morgan fingerprint density at radius 3 is 2.00 bits per heavy atom. The number of esters is 1. The van der Waals surface area contributed by atoms with Crippen molar-refractivity contribution in [3.8, 4) is 16.9 Å². The highest BCUT2D eigenvalue weighted by Crippen LogP contribution is 2.23. The van der Waals surface area contributed by atoms with Crippen LogP contribution in [0.3, 0.4) is 0 Å². The smallest absolute Gasteiger partial charge is 0.343 e. The van der Waals surface area contributed by atoms with E-state index >= 15 is 0 Å². The molecule has 31 heavy (non-hydrogen) atoms. The number of aryl methyl sites for hydroxylation is 1. The fourth-order valence-electron chi connectivity index (χ4n) is 3.53. The van der Waals surface area contributed by atoms with Crippen molar-refractivity contribution in [2.24, 2.45) is 0 Å². The minimum absolute atomic E-state index is 0.00687. The van der Waals surface area contributed by atoms with Crippen LogP contribution in [0.1, 0.15) is 67.1 Å². The molecule has 0 saturated carbocycles. The predicted molar refractivity (Wildman–Crippen MR) is 127 cm³/mol. The second kappa shape index (κ2) is 11.5. The van der Waals surface area contributed by atoms with Gasteiger partial charge in [-0.1, -0.05) is 74.7 Å². The number of ether oxygens (including phenoxy) is 2. The normalized spacial score (nSPS) is 11.8. The summed E-state index contributed by atoms with van der Waals surface area (Å²) in [7, 11) is 1.67. The third-order valence-electron chi connectivity index (χ3n) is 5.64. The fraction of sp³-hybridized carbons (Fsp3) is 0.321. The Balaban J connectivity index is 1.58. The summed E-state index contributed by atoms with van der Waals surface area (Å²) in [5, 5.41) is 0. The lowest BCUT2D eigenvalue weighted by molar-refractivity contribution is 0.0734. The number of hydrogen-bond donors (Lipinski definition) is 0. The van der Waals surface area contributed by atoms with Crippen LogP contribution in [0.5, 0.6) is 5.75 Å². The summed E-state index contributed by atoms with van der Waals surface area (Å²) in [6, 6.07) is 23.7. The molecule has 0 aliphatic rings. The van der Waals surface area contributed by atoms with Crippen LogP contribution >= 0.6 is 0 Å². The molecule has 0 heterocycles. The molecule has 1 unspecified atom stereocenters. The number of carbonyl (C=O) groups excluding carboxylic acids is 1. The molecular formula is C28H32O3. The largest absolute Gasteiger partial charge is 0.423 e. The second-order valence-corrected chi connectivity index (χ2v) is 7.92. The first-order valence-corrected chi connectivity index (χ1v) is 11.1. The summed E-state index contributed by atoms with van der Waals surface area (Å²) in [6.45, 7) is 4.21. The van der Waals surface area contributed by atoms with Gasteiger partial charge in [-0.2, -0.15) is 0 Å². The van der Waals surface area contributed by atoms with Gasteiger partial charge in [0.05, 0.1) is 11.7 Å². The molecule has 0 aliphatic heterocycles. The van der Waals surface area contributed by atoms with Gasteiger partial charge in [0.1, 0.15) is 5.75 Å². The predicted octanol–water partition coefficient (Wildman–Crippen LogP) is 7.40. The van der Waals surface area contributed by atoms with Gasteiger partial charge in [-0.05, 0) is 66.3 Å². The van der Waals surface area contributed by atoms with Crippen LogP contribution in [0.25, 0.3) is 11.1 Å². The lowest BCUT2D eigenvalue weighted by Crippen LogP contribution is -2.08. The highest BCUT2D eigenvalue weighted by molar-refractivity contribution is 5.91. The highest BCUT2D eigenvalue weighted by atomic mass is 16.5. The maximum Gasteiger partial charge on any atom is 0.343 e. The average Bonchev–Trinajstić information content (AvgIpc) is 2.82. The first-order chi connectivity index (χ1) is 15.1. The molecule has 1 atom stereocenters. The highest BCUT2D eigenvalue weighted by Gasteiger charge is 2.10. The van der Waals surface area contributed by atoms with E-state index in [0.717, 1.165) is 23.1 Å². The summed E-state index contributed by atoms with van der Waals surface area (Å²) in [4.78, 5) is 12.5. The van der Waals surface area contributed by atoms with E-state index in [1.165, 1.54) is 31.2 Å². The van der Waals surface area contributed by atoms with Gasteiger partial charge < -0.3 is 9.47 Å². The molecule has 0 bridgehead atoms. The molecule has 3 rings (SSSR count). The van der Waals surface area contributed by atoms with Gasteiger partial charge in [0.2, 0.25) is 0 Å². The Kier molecular flexibility index (Phi) is 8.43. The molecule has 0 saturated heterocycles. The summed E-state index contributed by atoms with van der Waals surface area (Å²) in [6.07, 6.45) is 6.27.